The number of fused-ring (bicyclic) bond motifs is 1. The number of rotatable bonds is 6. The number of nitro benzene ring substituents is 1. The van der Waals surface area contributed by atoms with E-state index in [1.165, 1.54) is 24.3 Å². The number of benzene rings is 3. The number of nitro groups is 1. The van der Waals surface area contributed by atoms with Crippen LogP contribution in [0.4, 0.5) is 5.69 Å². The van der Waals surface area contributed by atoms with Crippen LogP contribution >= 0.6 is 15.9 Å². The number of nitrogens with two attached hydrogens (primary N) is 1. The summed E-state index contributed by atoms with van der Waals surface area (Å²) in [5, 5.41) is 16.3. The molecule has 0 aliphatic rings. The molecule has 0 amide bonds. The largest absolute Gasteiger partial charge is 0.481 e. The molecule has 0 radical (unpaired) electrons. The van der Waals surface area contributed by atoms with Gasteiger partial charge in [-0.2, -0.15) is 0 Å². The summed E-state index contributed by atoms with van der Waals surface area (Å²) in [5.74, 6) is -0.455. The number of hydrogen-bond acceptors (Lipinski definition) is 6. The molecule has 0 atom stereocenters. The van der Waals surface area contributed by atoms with E-state index in [4.69, 9.17) is 15.3 Å². The Labute approximate surface area is 167 Å². The fraction of sp³-hybridized carbons (Fsp3) is 0.0526. The summed E-state index contributed by atoms with van der Waals surface area (Å²) >= 11 is 3.46. The average Bonchev–Trinajstić information content (AvgIpc) is 2.71. The van der Waals surface area contributed by atoms with E-state index in [1.54, 1.807) is 6.07 Å². The molecule has 0 bridgehead atoms. The number of carbonyl (C=O) groups excluding carboxylic acids is 1. The third-order valence-electron chi connectivity index (χ3n) is 3.77. The smallest absolute Gasteiger partial charge is 0.372 e. The first-order valence-corrected chi connectivity index (χ1v) is 8.83. The molecule has 3 aromatic rings. The fourth-order valence-electron chi connectivity index (χ4n) is 2.42. The number of nitrogens with zero attached hydrogens (tertiary/aromatic N) is 2. The van der Waals surface area contributed by atoms with Gasteiger partial charge in [0.2, 0.25) is 0 Å². The van der Waals surface area contributed by atoms with Crippen LogP contribution in [0.3, 0.4) is 0 Å². The Hall–Kier alpha value is -3.46. The lowest BCUT2D eigenvalue weighted by molar-refractivity contribution is -0.384. The molecule has 142 valence electrons. The van der Waals surface area contributed by atoms with Crippen molar-refractivity contribution < 1.29 is 19.3 Å². The highest BCUT2D eigenvalue weighted by Crippen LogP contribution is 2.32. The Morgan fingerprint density at radius 3 is 2.71 bits per heavy atom. The summed E-state index contributed by atoms with van der Waals surface area (Å²) in [6.07, 6.45) is 0. The topological polar surface area (TPSA) is 117 Å². The van der Waals surface area contributed by atoms with Crippen molar-refractivity contribution in [3.05, 3.63) is 80.8 Å². The summed E-state index contributed by atoms with van der Waals surface area (Å²) in [6, 6.07) is 16.8. The van der Waals surface area contributed by atoms with Gasteiger partial charge in [-0.25, -0.2) is 4.79 Å². The molecule has 9 heteroatoms. The Morgan fingerprint density at radius 1 is 1.14 bits per heavy atom. The van der Waals surface area contributed by atoms with Gasteiger partial charge >= 0.3 is 5.97 Å². The molecular weight excluding hydrogens is 430 g/mol. The average molecular weight is 444 g/mol. The number of halogens is 1. The van der Waals surface area contributed by atoms with Crippen LogP contribution in [0.15, 0.2) is 70.3 Å². The molecular formula is C19H14BrN3O5. The monoisotopic (exact) mass is 443 g/mol. The van der Waals surface area contributed by atoms with Gasteiger partial charge in [-0.1, -0.05) is 47.6 Å². The molecule has 0 saturated carbocycles. The molecule has 2 N–H and O–H groups in total. The van der Waals surface area contributed by atoms with Crippen LogP contribution < -0.4 is 10.5 Å². The number of carbonyl (C=O) groups is 1. The number of hydrogen-bond donors (Lipinski definition) is 1. The second-order valence-electron chi connectivity index (χ2n) is 5.63. The van der Waals surface area contributed by atoms with Gasteiger partial charge in [0.25, 0.3) is 5.69 Å². The number of oxime groups is 1. The summed E-state index contributed by atoms with van der Waals surface area (Å²) in [5.41, 5.74) is 5.83. The first kappa shape index (κ1) is 19.3. The molecule has 3 aromatic carbocycles. The fourth-order valence-corrected chi connectivity index (χ4v) is 3.03. The predicted molar refractivity (Wildman–Crippen MR) is 107 cm³/mol. The van der Waals surface area contributed by atoms with Crippen LogP contribution in [-0.2, 0) is 9.63 Å². The maximum atomic E-state index is 11.9. The van der Waals surface area contributed by atoms with E-state index in [0.717, 1.165) is 15.2 Å². The third kappa shape index (κ3) is 4.44. The quantitative estimate of drug-likeness (QED) is 0.204. The zero-order valence-electron chi connectivity index (χ0n) is 14.4. The summed E-state index contributed by atoms with van der Waals surface area (Å²) in [4.78, 5) is 26.8. The zero-order valence-corrected chi connectivity index (χ0v) is 16.0. The second kappa shape index (κ2) is 8.49. The zero-order chi connectivity index (χ0) is 20.1. The van der Waals surface area contributed by atoms with Gasteiger partial charge in [0, 0.05) is 17.7 Å². The minimum atomic E-state index is -0.770. The van der Waals surface area contributed by atoms with Crippen molar-refractivity contribution in [1.82, 2.24) is 0 Å². The predicted octanol–water partition coefficient (Wildman–Crippen LogP) is 3.75. The maximum absolute atomic E-state index is 11.9. The first-order chi connectivity index (χ1) is 13.5. The first-order valence-electron chi connectivity index (χ1n) is 8.04. The number of amidine groups is 1. The van der Waals surface area contributed by atoms with Gasteiger partial charge in [-0.15, -0.1) is 0 Å². The number of non-ortho nitro benzene ring substituents is 1. The second-order valence-corrected chi connectivity index (χ2v) is 6.43. The molecule has 8 nitrogen and oxygen atoms in total. The Kier molecular flexibility index (Phi) is 5.85. The van der Waals surface area contributed by atoms with Crippen molar-refractivity contribution >= 4 is 44.2 Å². The highest BCUT2D eigenvalue weighted by molar-refractivity contribution is 9.10. The van der Waals surface area contributed by atoms with Gasteiger partial charge in [-0.3, -0.25) is 10.1 Å². The van der Waals surface area contributed by atoms with Crippen molar-refractivity contribution in [3.8, 4) is 5.75 Å². The Bertz CT molecular complexity index is 1080. The van der Waals surface area contributed by atoms with Gasteiger partial charge in [0.05, 0.1) is 9.40 Å². The van der Waals surface area contributed by atoms with E-state index in [2.05, 4.69) is 21.1 Å². The van der Waals surface area contributed by atoms with E-state index in [1.807, 2.05) is 30.3 Å². The van der Waals surface area contributed by atoms with Crippen molar-refractivity contribution in [3.63, 3.8) is 0 Å². The molecule has 0 unspecified atom stereocenters. The maximum Gasteiger partial charge on any atom is 0.372 e. The van der Waals surface area contributed by atoms with Crippen LogP contribution in [0.1, 0.15) is 5.56 Å². The standard InChI is InChI=1S/C19H14BrN3O5/c20-18-15-7-2-1-4-12(15)8-9-16(18)27-11-17(24)28-22-19(21)13-5-3-6-14(10-13)23(25)26/h1-10H,11H2,(H2,21,22). The summed E-state index contributed by atoms with van der Waals surface area (Å²) in [6.45, 7) is -0.386. The van der Waals surface area contributed by atoms with Crippen LogP contribution in [-0.4, -0.2) is 23.3 Å². The van der Waals surface area contributed by atoms with E-state index < -0.39 is 10.9 Å². The molecule has 0 spiro atoms. The lowest BCUT2D eigenvalue weighted by Crippen LogP contribution is -2.18. The lowest BCUT2D eigenvalue weighted by Gasteiger charge is -2.09. The highest BCUT2D eigenvalue weighted by atomic mass is 79.9. The Morgan fingerprint density at radius 2 is 1.93 bits per heavy atom. The molecule has 3 rings (SSSR count). The molecule has 0 aromatic heterocycles. The van der Waals surface area contributed by atoms with Crippen molar-refractivity contribution in [2.24, 2.45) is 10.9 Å². The van der Waals surface area contributed by atoms with E-state index in [0.29, 0.717) is 5.75 Å². The molecule has 0 aliphatic carbocycles. The van der Waals surface area contributed by atoms with E-state index in [-0.39, 0.29) is 23.7 Å². The minimum absolute atomic E-state index is 0.147. The van der Waals surface area contributed by atoms with Crippen LogP contribution in [0.2, 0.25) is 0 Å². The highest BCUT2D eigenvalue weighted by Gasteiger charge is 2.11. The molecule has 0 heterocycles. The van der Waals surface area contributed by atoms with Crippen molar-refractivity contribution in [2.75, 3.05) is 6.61 Å². The van der Waals surface area contributed by atoms with Gasteiger partial charge in [0.1, 0.15) is 5.75 Å². The van der Waals surface area contributed by atoms with E-state index in [9.17, 15) is 14.9 Å². The normalized spacial score (nSPS) is 11.2. The minimum Gasteiger partial charge on any atom is -0.481 e. The Balaban J connectivity index is 1.63. The number of ether oxygens (including phenoxy) is 1. The molecule has 0 aliphatic heterocycles. The van der Waals surface area contributed by atoms with Gasteiger partial charge < -0.3 is 15.3 Å². The van der Waals surface area contributed by atoms with Crippen LogP contribution in [0.25, 0.3) is 10.8 Å². The van der Waals surface area contributed by atoms with E-state index >= 15 is 0 Å². The molecule has 0 saturated heterocycles. The lowest BCUT2D eigenvalue weighted by atomic mass is 10.1. The SMILES string of the molecule is N/C(=N\OC(=O)COc1ccc2ccccc2c1Br)c1cccc([N+](=O)[O-])c1. The van der Waals surface area contributed by atoms with Crippen LogP contribution in [0, 0.1) is 10.1 Å². The molecule has 0 fully saturated rings. The summed E-state index contributed by atoms with van der Waals surface area (Å²) < 4.78 is 6.19. The third-order valence-corrected chi connectivity index (χ3v) is 4.59. The van der Waals surface area contributed by atoms with Gasteiger partial charge in [-0.05, 0) is 32.8 Å². The summed E-state index contributed by atoms with van der Waals surface area (Å²) in [7, 11) is 0. The van der Waals surface area contributed by atoms with Gasteiger partial charge in [0.15, 0.2) is 12.4 Å². The van der Waals surface area contributed by atoms with Crippen molar-refractivity contribution in [2.45, 2.75) is 0 Å². The van der Waals surface area contributed by atoms with Crippen molar-refractivity contribution in [1.29, 1.82) is 0 Å². The molecule has 28 heavy (non-hydrogen) atoms. The van der Waals surface area contributed by atoms with Crippen LogP contribution in [0.5, 0.6) is 5.75 Å².